The van der Waals surface area contributed by atoms with Crippen LogP contribution in [0.3, 0.4) is 0 Å². The van der Waals surface area contributed by atoms with Crippen molar-refractivity contribution in [3.05, 3.63) is 70.5 Å². The van der Waals surface area contributed by atoms with Crippen molar-refractivity contribution in [2.45, 2.75) is 58.3 Å². The molecule has 40 heavy (non-hydrogen) atoms. The molecule has 0 radical (unpaired) electrons. The molecule has 214 valence electrons. The Balaban J connectivity index is 1.29. The number of carboxylic acid groups (broad SMARTS) is 1. The van der Waals surface area contributed by atoms with Crippen molar-refractivity contribution < 1.29 is 37.0 Å². The molecule has 2 aliphatic heterocycles. The maximum absolute atomic E-state index is 13.9. The molecular formula is C30H32F4N2O4. The van der Waals surface area contributed by atoms with Crippen LogP contribution in [0, 0.1) is 17.2 Å². The van der Waals surface area contributed by atoms with Crippen molar-refractivity contribution in [3.63, 3.8) is 0 Å². The van der Waals surface area contributed by atoms with Gasteiger partial charge in [-0.1, -0.05) is 26.0 Å². The molecule has 5 rings (SSSR count). The van der Waals surface area contributed by atoms with Crippen LogP contribution >= 0.6 is 0 Å². The average Bonchev–Trinajstić information content (AvgIpc) is 3.39. The van der Waals surface area contributed by atoms with E-state index in [0.717, 1.165) is 30.7 Å². The predicted octanol–water partition coefficient (Wildman–Crippen LogP) is 6.21. The number of nitrogens with zero attached hydrogens (tertiary/aromatic N) is 2. The number of carbonyl (C=O) groups excluding carboxylic acids is 1. The van der Waals surface area contributed by atoms with E-state index in [4.69, 9.17) is 4.74 Å². The summed E-state index contributed by atoms with van der Waals surface area (Å²) < 4.78 is 59.3. The Hall–Kier alpha value is -3.40. The van der Waals surface area contributed by atoms with Gasteiger partial charge in [0.25, 0.3) is 0 Å². The second-order valence-electron chi connectivity index (χ2n) is 11.3. The van der Waals surface area contributed by atoms with Gasteiger partial charge in [0.2, 0.25) is 5.91 Å². The van der Waals surface area contributed by atoms with Crippen LogP contribution in [0.5, 0.6) is 5.75 Å². The number of carboxylic acids is 1. The molecule has 1 saturated carbocycles. The molecule has 0 unspecified atom stereocenters. The van der Waals surface area contributed by atoms with Crippen LogP contribution in [0.4, 0.5) is 17.6 Å². The highest BCUT2D eigenvalue weighted by atomic mass is 19.4. The Morgan fingerprint density at radius 3 is 2.58 bits per heavy atom. The van der Waals surface area contributed by atoms with E-state index >= 15 is 0 Å². The maximum atomic E-state index is 13.9. The molecule has 2 heterocycles. The SMILES string of the molecule is CC(C)[C@]1(C(=O)N2COc3ccc(C(F)(F)F)cc3C2)CC[C@@H](N2CC=C(c3ccc(F)c(C(=O)O)c3)CC2)C1. The van der Waals surface area contributed by atoms with E-state index in [1.54, 1.807) is 6.07 Å². The summed E-state index contributed by atoms with van der Waals surface area (Å²) in [6, 6.07) is 7.67. The number of ether oxygens (including phenoxy) is 1. The Bertz CT molecular complexity index is 1360. The minimum atomic E-state index is -4.48. The molecule has 0 spiro atoms. The summed E-state index contributed by atoms with van der Waals surface area (Å²) >= 11 is 0. The third-order valence-electron chi connectivity index (χ3n) is 8.79. The molecule has 0 bridgehead atoms. The number of amides is 1. The zero-order valence-corrected chi connectivity index (χ0v) is 22.4. The molecule has 0 saturated heterocycles. The Kier molecular flexibility index (Phi) is 7.41. The van der Waals surface area contributed by atoms with Crippen LogP contribution in [0.25, 0.3) is 5.57 Å². The molecule has 10 heteroatoms. The summed E-state index contributed by atoms with van der Waals surface area (Å²) in [6.07, 6.45) is 0.355. The number of aromatic carboxylic acids is 1. The largest absolute Gasteiger partial charge is 0.478 e. The van der Waals surface area contributed by atoms with Gasteiger partial charge in [-0.3, -0.25) is 9.69 Å². The minimum absolute atomic E-state index is 0.00213. The van der Waals surface area contributed by atoms with E-state index in [0.29, 0.717) is 42.7 Å². The van der Waals surface area contributed by atoms with Gasteiger partial charge in [0, 0.05) is 24.7 Å². The Morgan fingerprint density at radius 2 is 1.93 bits per heavy atom. The van der Waals surface area contributed by atoms with Gasteiger partial charge >= 0.3 is 12.1 Å². The summed E-state index contributed by atoms with van der Waals surface area (Å²) in [5.41, 5.74) is 0.242. The predicted molar refractivity (Wildman–Crippen MR) is 140 cm³/mol. The number of hydrogen-bond donors (Lipinski definition) is 1. The lowest BCUT2D eigenvalue weighted by molar-refractivity contribution is -0.150. The Labute approximate surface area is 230 Å². The van der Waals surface area contributed by atoms with Crippen molar-refractivity contribution in [2.24, 2.45) is 11.3 Å². The van der Waals surface area contributed by atoms with E-state index in [-0.39, 0.29) is 36.7 Å². The minimum Gasteiger partial charge on any atom is -0.478 e. The smallest absolute Gasteiger partial charge is 0.416 e. The lowest BCUT2D eigenvalue weighted by atomic mass is 9.74. The van der Waals surface area contributed by atoms with Crippen LogP contribution in [-0.2, 0) is 17.5 Å². The van der Waals surface area contributed by atoms with Crippen LogP contribution in [0.2, 0.25) is 0 Å². The van der Waals surface area contributed by atoms with Gasteiger partial charge in [-0.25, -0.2) is 9.18 Å². The number of carbonyl (C=O) groups is 2. The molecule has 2 atom stereocenters. The van der Waals surface area contributed by atoms with Crippen LogP contribution < -0.4 is 4.74 Å². The third kappa shape index (κ3) is 5.21. The van der Waals surface area contributed by atoms with Gasteiger partial charge in [-0.15, -0.1) is 0 Å². The quantitative estimate of drug-likeness (QED) is 0.441. The molecule has 1 aliphatic carbocycles. The zero-order chi connectivity index (χ0) is 28.8. The zero-order valence-electron chi connectivity index (χ0n) is 22.4. The van der Waals surface area contributed by atoms with Gasteiger partial charge in [0.05, 0.1) is 23.1 Å². The number of halogens is 4. The number of alkyl halides is 3. The average molecular weight is 561 g/mol. The van der Waals surface area contributed by atoms with Gasteiger partial charge in [-0.2, -0.15) is 13.2 Å². The first-order chi connectivity index (χ1) is 18.9. The highest BCUT2D eigenvalue weighted by Crippen LogP contribution is 2.48. The van der Waals surface area contributed by atoms with Crippen molar-refractivity contribution in [3.8, 4) is 5.75 Å². The first kappa shape index (κ1) is 28.1. The van der Waals surface area contributed by atoms with E-state index in [2.05, 4.69) is 4.90 Å². The van der Waals surface area contributed by atoms with Crippen molar-refractivity contribution in [1.82, 2.24) is 9.80 Å². The molecule has 1 amide bonds. The molecule has 0 aromatic heterocycles. The van der Waals surface area contributed by atoms with Crippen molar-refractivity contribution in [1.29, 1.82) is 0 Å². The second kappa shape index (κ2) is 10.5. The van der Waals surface area contributed by atoms with Crippen molar-refractivity contribution in [2.75, 3.05) is 19.8 Å². The molecule has 6 nitrogen and oxygen atoms in total. The summed E-state index contributed by atoms with van der Waals surface area (Å²) in [4.78, 5) is 29.1. The number of rotatable bonds is 5. The third-order valence-corrected chi connectivity index (χ3v) is 8.79. The summed E-state index contributed by atoms with van der Waals surface area (Å²) in [5.74, 6) is -1.77. The Morgan fingerprint density at radius 1 is 1.15 bits per heavy atom. The number of benzene rings is 2. The van der Waals surface area contributed by atoms with Gasteiger partial charge in [0.1, 0.15) is 11.6 Å². The highest BCUT2D eigenvalue weighted by molar-refractivity contribution is 5.89. The van der Waals surface area contributed by atoms with E-state index in [1.807, 2.05) is 19.9 Å². The first-order valence-corrected chi connectivity index (χ1v) is 13.5. The topological polar surface area (TPSA) is 70.1 Å². The molecule has 1 fully saturated rings. The highest BCUT2D eigenvalue weighted by Gasteiger charge is 2.51. The van der Waals surface area contributed by atoms with Gasteiger partial charge in [0.15, 0.2) is 6.73 Å². The van der Waals surface area contributed by atoms with E-state index in [1.165, 1.54) is 23.1 Å². The molecule has 1 N–H and O–H groups in total. The van der Waals surface area contributed by atoms with Crippen molar-refractivity contribution >= 4 is 17.4 Å². The second-order valence-corrected chi connectivity index (χ2v) is 11.3. The number of hydrogen-bond acceptors (Lipinski definition) is 4. The lowest BCUT2D eigenvalue weighted by Crippen LogP contribution is -2.49. The molecule has 2 aromatic rings. The van der Waals surface area contributed by atoms with Gasteiger partial charge in [-0.05, 0) is 73.1 Å². The van der Waals surface area contributed by atoms with E-state index < -0.39 is 28.9 Å². The van der Waals surface area contributed by atoms with Gasteiger partial charge < -0.3 is 14.7 Å². The fourth-order valence-electron chi connectivity index (χ4n) is 6.36. The lowest BCUT2D eigenvalue weighted by Gasteiger charge is -2.40. The fourth-order valence-corrected chi connectivity index (χ4v) is 6.36. The summed E-state index contributed by atoms with van der Waals surface area (Å²) in [5, 5.41) is 9.25. The molecule has 3 aliphatic rings. The van der Waals surface area contributed by atoms with Crippen LogP contribution in [0.1, 0.15) is 66.6 Å². The monoisotopic (exact) mass is 560 g/mol. The van der Waals surface area contributed by atoms with Crippen LogP contribution in [0.15, 0.2) is 42.5 Å². The maximum Gasteiger partial charge on any atom is 0.416 e. The summed E-state index contributed by atoms with van der Waals surface area (Å²) in [6.45, 7) is 5.46. The molecule has 2 aromatic carbocycles. The summed E-state index contributed by atoms with van der Waals surface area (Å²) in [7, 11) is 0. The standard InChI is InChI=1S/C30H32F4N2O4/c1-18(2)29(28(39)36-16-21-13-22(30(32,33)34)4-6-26(21)40-17-36)10-7-23(15-29)35-11-8-19(9-12-35)20-3-5-25(31)24(14-20)27(37)38/h3-6,8,13-14,18,23H,7,9-12,15-17H2,1-2H3,(H,37,38)/t23-,29+/m1/s1. The first-order valence-electron chi connectivity index (χ1n) is 13.5. The van der Waals surface area contributed by atoms with Crippen LogP contribution in [-0.4, -0.2) is 52.6 Å². The normalized spacial score (nSPS) is 23.5. The molecular weight excluding hydrogens is 528 g/mol. The van der Waals surface area contributed by atoms with E-state index in [9.17, 15) is 32.3 Å². The number of fused-ring (bicyclic) bond motifs is 1. The fraction of sp³-hybridized carbons (Fsp3) is 0.467.